The first-order valence-corrected chi connectivity index (χ1v) is 14.0. The second-order valence-corrected chi connectivity index (χ2v) is 11.2. The molecule has 0 N–H and O–H groups in total. The van der Waals surface area contributed by atoms with Crippen molar-refractivity contribution in [3.8, 4) is 16.8 Å². The van der Waals surface area contributed by atoms with Gasteiger partial charge < -0.3 is 8.98 Å². The van der Waals surface area contributed by atoms with Crippen LogP contribution in [0.5, 0.6) is 0 Å². The molecule has 0 unspecified atom stereocenters. The zero-order valence-electron chi connectivity index (χ0n) is 20.9. The standard InChI is InChI=1S/C36H21NOS/c1-4-14-29-24(9-1)28-21-22(23-12-7-13-26-25-10-2-5-16-32(25)38-36(23)26)19-20-30(28)37(29)31-15-8-18-34-35(31)27-11-3-6-17-33(27)39-34/h1-21H. The summed E-state index contributed by atoms with van der Waals surface area (Å²) in [5.41, 5.74) is 7.80. The third-order valence-electron chi connectivity index (χ3n) is 8.01. The highest BCUT2D eigenvalue weighted by atomic mass is 32.1. The molecule has 0 amide bonds. The minimum atomic E-state index is 0.925. The average molecular weight is 516 g/mol. The fourth-order valence-corrected chi connectivity index (χ4v) is 7.44. The Kier molecular flexibility index (Phi) is 4.24. The molecule has 3 heteroatoms. The van der Waals surface area contributed by atoms with E-state index in [4.69, 9.17) is 4.42 Å². The van der Waals surface area contributed by atoms with Crippen molar-refractivity contribution in [1.82, 2.24) is 4.57 Å². The first kappa shape index (κ1) is 21.1. The van der Waals surface area contributed by atoms with Gasteiger partial charge in [-0.3, -0.25) is 0 Å². The molecule has 3 aromatic heterocycles. The lowest BCUT2D eigenvalue weighted by Crippen LogP contribution is -1.94. The molecule has 0 fully saturated rings. The fraction of sp³-hybridized carbons (Fsp3) is 0. The quantitative estimate of drug-likeness (QED) is 0.224. The molecule has 0 aliphatic carbocycles. The minimum Gasteiger partial charge on any atom is -0.455 e. The summed E-state index contributed by atoms with van der Waals surface area (Å²) in [6.07, 6.45) is 0. The van der Waals surface area contributed by atoms with E-state index in [2.05, 4.69) is 120 Å². The summed E-state index contributed by atoms with van der Waals surface area (Å²) < 4.78 is 11.5. The predicted octanol–water partition coefficient (Wildman–Crippen LogP) is 10.7. The maximum atomic E-state index is 6.39. The van der Waals surface area contributed by atoms with Crippen LogP contribution in [-0.4, -0.2) is 4.57 Å². The van der Waals surface area contributed by atoms with Gasteiger partial charge in [-0.15, -0.1) is 11.3 Å². The third-order valence-corrected chi connectivity index (χ3v) is 9.15. The number of para-hydroxylation sites is 3. The monoisotopic (exact) mass is 515 g/mol. The van der Waals surface area contributed by atoms with E-state index < -0.39 is 0 Å². The summed E-state index contributed by atoms with van der Waals surface area (Å²) in [7, 11) is 0. The van der Waals surface area contributed by atoms with Crippen molar-refractivity contribution < 1.29 is 4.42 Å². The molecule has 9 rings (SSSR count). The molecule has 9 aromatic rings. The molecule has 0 saturated carbocycles. The first-order chi connectivity index (χ1) is 19.3. The van der Waals surface area contributed by atoms with Crippen molar-refractivity contribution >= 4 is 75.3 Å². The normalized spacial score (nSPS) is 12.1. The number of aromatic nitrogens is 1. The minimum absolute atomic E-state index is 0.925. The van der Waals surface area contributed by atoms with Gasteiger partial charge in [-0.05, 0) is 48.0 Å². The number of fused-ring (bicyclic) bond motifs is 9. The van der Waals surface area contributed by atoms with Gasteiger partial charge in [0.1, 0.15) is 11.2 Å². The van der Waals surface area contributed by atoms with Crippen LogP contribution < -0.4 is 0 Å². The van der Waals surface area contributed by atoms with Gasteiger partial charge in [0, 0.05) is 47.3 Å². The molecule has 3 heterocycles. The molecule has 39 heavy (non-hydrogen) atoms. The Hall–Kier alpha value is -4.86. The summed E-state index contributed by atoms with van der Waals surface area (Å²) in [6, 6.07) is 45.8. The highest BCUT2D eigenvalue weighted by Gasteiger charge is 2.18. The van der Waals surface area contributed by atoms with Crippen molar-refractivity contribution in [2.75, 3.05) is 0 Å². The lowest BCUT2D eigenvalue weighted by atomic mass is 10.0. The lowest BCUT2D eigenvalue weighted by Gasteiger charge is -2.11. The van der Waals surface area contributed by atoms with Gasteiger partial charge in [-0.25, -0.2) is 0 Å². The molecule has 0 saturated heterocycles. The van der Waals surface area contributed by atoms with Gasteiger partial charge in [-0.1, -0.05) is 84.9 Å². The van der Waals surface area contributed by atoms with E-state index in [1.54, 1.807) is 0 Å². The van der Waals surface area contributed by atoms with Crippen molar-refractivity contribution in [2.24, 2.45) is 0 Å². The summed E-state index contributed by atoms with van der Waals surface area (Å²) in [5, 5.41) is 7.43. The third kappa shape index (κ3) is 2.91. The van der Waals surface area contributed by atoms with Crippen LogP contribution in [0.25, 0.3) is 80.7 Å². The molecule has 2 nitrogen and oxygen atoms in total. The molecule has 0 atom stereocenters. The Morgan fingerprint density at radius 2 is 1.23 bits per heavy atom. The highest BCUT2D eigenvalue weighted by Crippen LogP contribution is 2.42. The van der Waals surface area contributed by atoms with E-state index in [0.717, 1.165) is 33.1 Å². The van der Waals surface area contributed by atoms with Gasteiger partial charge in [0.15, 0.2) is 0 Å². The molecule has 0 spiro atoms. The van der Waals surface area contributed by atoms with Gasteiger partial charge >= 0.3 is 0 Å². The Morgan fingerprint density at radius 1 is 0.513 bits per heavy atom. The van der Waals surface area contributed by atoms with Gasteiger partial charge in [0.25, 0.3) is 0 Å². The SMILES string of the molecule is c1ccc2c(c1)oc1c(-c3ccc4c(c3)c3ccccc3n4-c3cccc4sc5ccccc5c34)cccc12. The van der Waals surface area contributed by atoms with E-state index in [1.165, 1.54) is 47.7 Å². The van der Waals surface area contributed by atoms with Crippen molar-refractivity contribution in [2.45, 2.75) is 0 Å². The second kappa shape index (κ2) is 7.83. The Morgan fingerprint density at radius 3 is 2.18 bits per heavy atom. The Labute approximate surface area is 227 Å². The number of thiophene rings is 1. The first-order valence-electron chi connectivity index (χ1n) is 13.2. The number of benzene rings is 6. The molecule has 6 aromatic carbocycles. The zero-order chi connectivity index (χ0) is 25.5. The van der Waals surface area contributed by atoms with E-state index in [-0.39, 0.29) is 0 Å². The topological polar surface area (TPSA) is 18.1 Å². The number of furan rings is 1. The maximum absolute atomic E-state index is 6.39. The van der Waals surface area contributed by atoms with Crippen LogP contribution in [-0.2, 0) is 0 Å². The lowest BCUT2D eigenvalue weighted by molar-refractivity contribution is 0.670. The van der Waals surface area contributed by atoms with Crippen LogP contribution in [0.15, 0.2) is 132 Å². The smallest absolute Gasteiger partial charge is 0.143 e. The largest absolute Gasteiger partial charge is 0.455 e. The van der Waals surface area contributed by atoms with E-state index in [9.17, 15) is 0 Å². The van der Waals surface area contributed by atoms with Crippen molar-refractivity contribution in [3.05, 3.63) is 127 Å². The molecule has 0 aliphatic heterocycles. The van der Waals surface area contributed by atoms with E-state index in [0.29, 0.717) is 0 Å². The number of hydrogen-bond donors (Lipinski definition) is 0. The van der Waals surface area contributed by atoms with Crippen molar-refractivity contribution in [3.63, 3.8) is 0 Å². The molecule has 0 bridgehead atoms. The van der Waals surface area contributed by atoms with Crippen molar-refractivity contribution in [1.29, 1.82) is 0 Å². The van der Waals surface area contributed by atoms with Crippen LogP contribution in [0.4, 0.5) is 0 Å². The van der Waals surface area contributed by atoms with E-state index >= 15 is 0 Å². The van der Waals surface area contributed by atoms with Crippen LogP contribution in [0.3, 0.4) is 0 Å². The second-order valence-electron chi connectivity index (χ2n) is 10.1. The highest BCUT2D eigenvalue weighted by molar-refractivity contribution is 7.25. The molecule has 182 valence electrons. The zero-order valence-corrected chi connectivity index (χ0v) is 21.7. The Bertz CT molecular complexity index is 2400. The van der Waals surface area contributed by atoms with E-state index in [1.807, 2.05) is 23.5 Å². The van der Waals surface area contributed by atoms with Gasteiger partial charge in [0.05, 0.1) is 16.7 Å². The predicted molar refractivity (Wildman–Crippen MR) is 166 cm³/mol. The number of hydrogen-bond acceptors (Lipinski definition) is 2. The number of rotatable bonds is 2. The fourth-order valence-electron chi connectivity index (χ4n) is 6.32. The molecule has 0 radical (unpaired) electrons. The average Bonchev–Trinajstić information content (AvgIpc) is 3.66. The van der Waals surface area contributed by atoms with Crippen LogP contribution >= 0.6 is 11.3 Å². The molecular weight excluding hydrogens is 494 g/mol. The van der Waals surface area contributed by atoms with Gasteiger partial charge in [0.2, 0.25) is 0 Å². The maximum Gasteiger partial charge on any atom is 0.143 e. The summed E-state index contributed by atoms with van der Waals surface area (Å²) >= 11 is 1.86. The summed E-state index contributed by atoms with van der Waals surface area (Å²) in [6.45, 7) is 0. The molecular formula is C36H21NOS. The number of nitrogens with zero attached hydrogens (tertiary/aromatic N) is 1. The van der Waals surface area contributed by atoms with Gasteiger partial charge in [-0.2, -0.15) is 0 Å². The van der Waals surface area contributed by atoms with Crippen LogP contribution in [0.1, 0.15) is 0 Å². The molecule has 0 aliphatic rings. The summed E-state index contributed by atoms with van der Waals surface area (Å²) in [5.74, 6) is 0. The van der Waals surface area contributed by atoms with Crippen LogP contribution in [0, 0.1) is 0 Å². The Balaban J connectivity index is 1.36. The van der Waals surface area contributed by atoms with Crippen LogP contribution in [0.2, 0.25) is 0 Å². The summed E-state index contributed by atoms with van der Waals surface area (Å²) in [4.78, 5) is 0.